The maximum absolute atomic E-state index is 14.2. The molecular weight excluding hydrogens is 686 g/mol. The van der Waals surface area contributed by atoms with Gasteiger partial charge in [-0.05, 0) is 58.9 Å². The Morgan fingerprint density at radius 3 is 1.98 bits per heavy atom. The van der Waals surface area contributed by atoms with Crippen molar-refractivity contribution < 1.29 is 43.0 Å². The van der Waals surface area contributed by atoms with Crippen molar-refractivity contribution in [2.75, 3.05) is 27.2 Å². The van der Waals surface area contributed by atoms with E-state index in [1.807, 2.05) is 0 Å². The second-order valence-corrected chi connectivity index (χ2v) is 16.2. The summed E-state index contributed by atoms with van der Waals surface area (Å²) in [5, 5.41) is 12.4. The standard InChI is InChI=1S/C37H59N7O9/c1-13-17-24(28(46)30(47)38-22-25(45)40-27(31(48)42(11)12)23-18-15-14-16-19-23)39-33(50)44-26(52-36(5,6)7)20-21-43(44)32(49)29(35(2,3)4)41-34(51)53-37(8,9)10/h14-16,18-19,24,26-27,29H,13,17,20-22H2,1-12H3,(H,38,47)(H,39,50)(H,40,45)(H,41,51)/t24?,26-,27?,29+/m0/s1. The monoisotopic (exact) mass is 745 g/mol. The number of carbonyl (C=O) groups excluding carboxylic acids is 7. The summed E-state index contributed by atoms with van der Waals surface area (Å²) in [5.41, 5.74) is -1.85. The summed E-state index contributed by atoms with van der Waals surface area (Å²) in [6.45, 7) is 16.9. The van der Waals surface area contributed by atoms with Crippen LogP contribution >= 0.6 is 0 Å². The van der Waals surface area contributed by atoms with E-state index in [2.05, 4.69) is 21.3 Å². The van der Waals surface area contributed by atoms with Gasteiger partial charge in [0.05, 0.1) is 18.2 Å². The fraction of sp³-hybridized carbons (Fsp3) is 0.649. The first kappa shape index (κ1) is 44.4. The van der Waals surface area contributed by atoms with Crippen LogP contribution in [0.15, 0.2) is 30.3 Å². The van der Waals surface area contributed by atoms with E-state index in [4.69, 9.17) is 9.47 Å². The van der Waals surface area contributed by atoms with E-state index in [0.717, 1.165) is 5.01 Å². The van der Waals surface area contributed by atoms with E-state index in [9.17, 15) is 33.6 Å². The van der Waals surface area contributed by atoms with Gasteiger partial charge in [-0.3, -0.25) is 24.0 Å². The predicted octanol–water partition coefficient (Wildman–Crippen LogP) is 3.03. The molecule has 1 saturated heterocycles. The molecule has 296 valence electrons. The van der Waals surface area contributed by atoms with Crippen LogP contribution < -0.4 is 21.3 Å². The highest BCUT2D eigenvalue weighted by Crippen LogP contribution is 2.29. The molecule has 0 aliphatic carbocycles. The minimum absolute atomic E-state index is 0.0534. The van der Waals surface area contributed by atoms with Crippen LogP contribution in [0.1, 0.15) is 100 Å². The molecule has 1 aliphatic heterocycles. The Morgan fingerprint density at radius 1 is 0.868 bits per heavy atom. The molecule has 2 rings (SSSR count). The molecule has 1 aliphatic rings. The Morgan fingerprint density at radius 2 is 1.47 bits per heavy atom. The van der Waals surface area contributed by atoms with E-state index in [1.54, 1.807) is 114 Å². The molecule has 16 nitrogen and oxygen atoms in total. The maximum atomic E-state index is 14.2. The Balaban J connectivity index is 2.28. The lowest BCUT2D eigenvalue weighted by atomic mass is 9.86. The average molecular weight is 746 g/mol. The van der Waals surface area contributed by atoms with E-state index in [0.29, 0.717) is 12.0 Å². The van der Waals surface area contributed by atoms with Gasteiger partial charge in [0, 0.05) is 27.1 Å². The van der Waals surface area contributed by atoms with Crippen LogP contribution in [0, 0.1) is 5.41 Å². The van der Waals surface area contributed by atoms with Crippen LogP contribution in [-0.4, -0.2) is 113 Å². The first-order valence-corrected chi connectivity index (χ1v) is 17.8. The topological polar surface area (TPSA) is 196 Å². The predicted molar refractivity (Wildman–Crippen MR) is 197 cm³/mol. The van der Waals surface area contributed by atoms with Gasteiger partial charge in [0.1, 0.15) is 17.7 Å². The summed E-state index contributed by atoms with van der Waals surface area (Å²) < 4.78 is 11.6. The molecule has 0 radical (unpaired) electrons. The molecule has 0 saturated carbocycles. The quantitative estimate of drug-likeness (QED) is 0.220. The Bertz CT molecular complexity index is 1480. The number of likely N-dealkylation sites (N-methyl/N-ethyl adjacent to an activating group) is 1. The molecule has 7 amide bonds. The van der Waals surface area contributed by atoms with Crippen molar-refractivity contribution in [2.24, 2.45) is 5.41 Å². The Kier molecular flexibility index (Phi) is 15.4. The number of hydrogen-bond donors (Lipinski definition) is 4. The number of nitrogens with one attached hydrogen (secondary N) is 4. The van der Waals surface area contributed by atoms with Crippen molar-refractivity contribution in [1.82, 2.24) is 36.2 Å². The van der Waals surface area contributed by atoms with Gasteiger partial charge in [-0.1, -0.05) is 64.4 Å². The first-order chi connectivity index (χ1) is 24.4. The van der Waals surface area contributed by atoms with Crippen molar-refractivity contribution in [1.29, 1.82) is 0 Å². The highest BCUT2D eigenvalue weighted by atomic mass is 16.6. The zero-order valence-electron chi connectivity index (χ0n) is 33.2. The third kappa shape index (κ3) is 13.6. The molecule has 4 N–H and O–H groups in total. The zero-order valence-corrected chi connectivity index (χ0v) is 33.2. The van der Waals surface area contributed by atoms with Gasteiger partial charge in [0.25, 0.3) is 11.8 Å². The number of hydrazine groups is 1. The molecule has 16 heteroatoms. The van der Waals surface area contributed by atoms with Gasteiger partial charge >= 0.3 is 12.1 Å². The fourth-order valence-electron chi connectivity index (χ4n) is 5.40. The van der Waals surface area contributed by atoms with E-state index >= 15 is 0 Å². The number of amides is 7. The SMILES string of the molecule is CCCC(NC(=O)N1[C@@H](OC(C)(C)C)CCN1C(=O)[C@@H](NC(=O)OC(C)(C)C)C(C)(C)C)C(=O)C(=O)NCC(=O)NC(C(=O)N(C)C)c1ccccc1. The summed E-state index contributed by atoms with van der Waals surface area (Å²) in [6, 6.07) is 4.22. The Labute approximate surface area is 313 Å². The molecule has 1 heterocycles. The molecule has 1 fully saturated rings. The zero-order chi connectivity index (χ0) is 40.5. The van der Waals surface area contributed by atoms with Crippen molar-refractivity contribution >= 4 is 41.5 Å². The second-order valence-electron chi connectivity index (χ2n) is 16.2. The maximum Gasteiger partial charge on any atom is 0.408 e. The summed E-state index contributed by atoms with van der Waals surface area (Å²) in [4.78, 5) is 94.5. The van der Waals surface area contributed by atoms with Crippen LogP contribution in [-0.2, 0) is 33.4 Å². The van der Waals surface area contributed by atoms with Gasteiger partial charge in [0.15, 0.2) is 6.23 Å². The molecule has 2 unspecified atom stereocenters. The molecular formula is C37H59N7O9. The van der Waals surface area contributed by atoms with Crippen molar-refractivity contribution in [3.8, 4) is 0 Å². The van der Waals surface area contributed by atoms with Gasteiger partial charge in [-0.15, -0.1) is 0 Å². The van der Waals surface area contributed by atoms with Crippen LogP contribution in [0.5, 0.6) is 0 Å². The van der Waals surface area contributed by atoms with Gasteiger partial charge in [-0.2, -0.15) is 0 Å². The lowest BCUT2D eigenvalue weighted by Gasteiger charge is -2.39. The largest absolute Gasteiger partial charge is 0.444 e. The van der Waals surface area contributed by atoms with E-state index < -0.39 is 89.1 Å². The minimum atomic E-state index is -1.32. The normalized spacial score (nSPS) is 16.5. The molecule has 4 atom stereocenters. The van der Waals surface area contributed by atoms with Crippen LogP contribution in [0.25, 0.3) is 0 Å². The number of alkyl carbamates (subject to hydrolysis) is 1. The van der Waals surface area contributed by atoms with Crippen molar-refractivity contribution in [3.05, 3.63) is 35.9 Å². The Hall–Kier alpha value is -4.73. The molecule has 1 aromatic carbocycles. The summed E-state index contributed by atoms with van der Waals surface area (Å²) >= 11 is 0. The van der Waals surface area contributed by atoms with Crippen molar-refractivity contribution in [2.45, 2.75) is 124 Å². The lowest BCUT2D eigenvalue weighted by molar-refractivity contribution is -0.167. The number of rotatable bonds is 13. The van der Waals surface area contributed by atoms with Crippen molar-refractivity contribution in [3.63, 3.8) is 0 Å². The number of nitrogens with zero attached hydrogens (tertiary/aromatic N) is 3. The highest BCUT2D eigenvalue weighted by Gasteiger charge is 2.47. The number of ether oxygens (including phenoxy) is 2. The lowest BCUT2D eigenvalue weighted by Crippen LogP contribution is -2.62. The number of ketones is 1. The number of carbonyl (C=O) groups is 7. The third-order valence-corrected chi connectivity index (χ3v) is 7.80. The summed E-state index contributed by atoms with van der Waals surface area (Å²) in [7, 11) is 3.09. The first-order valence-electron chi connectivity index (χ1n) is 17.8. The van der Waals surface area contributed by atoms with Gasteiger partial charge < -0.3 is 35.6 Å². The summed E-state index contributed by atoms with van der Waals surface area (Å²) in [6.07, 6.45) is -1.06. The second kappa shape index (κ2) is 18.3. The molecule has 0 bridgehead atoms. The van der Waals surface area contributed by atoms with Crippen LogP contribution in [0.4, 0.5) is 9.59 Å². The third-order valence-electron chi connectivity index (χ3n) is 7.80. The molecule has 0 aromatic heterocycles. The highest BCUT2D eigenvalue weighted by molar-refractivity contribution is 6.38. The summed E-state index contributed by atoms with van der Waals surface area (Å²) in [5.74, 6) is -3.85. The van der Waals surface area contributed by atoms with E-state index in [1.165, 1.54) is 9.91 Å². The average Bonchev–Trinajstić information content (AvgIpc) is 3.44. The smallest absolute Gasteiger partial charge is 0.408 e. The van der Waals surface area contributed by atoms with Gasteiger partial charge in [-0.25, -0.2) is 19.6 Å². The molecule has 53 heavy (non-hydrogen) atoms. The number of urea groups is 1. The minimum Gasteiger partial charge on any atom is -0.444 e. The number of benzene rings is 1. The van der Waals surface area contributed by atoms with Gasteiger partial charge in [0.2, 0.25) is 17.6 Å². The molecule has 0 spiro atoms. The number of Topliss-reactive ketones (excluding diaryl/α,β-unsaturated/α-hetero) is 1. The van der Waals surface area contributed by atoms with E-state index in [-0.39, 0.29) is 19.4 Å². The number of hydrogen-bond acceptors (Lipinski definition) is 9. The van der Waals surface area contributed by atoms with Crippen LogP contribution in [0.2, 0.25) is 0 Å². The van der Waals surface area contributed by atoms with Crippen LogP contribution in [0.3, 0.4) is 0 Å². The molecule has 1 aromatic rings. The fourth-order valence-corrected chi connectivity index (χ4v) is 5.40.